The minimum Gasteiger partial charge on any atom is -0.481 e. The van der Waals surface area contributed by atoms with Crippen LogP contribution in [0.1, 0.15) is 25.7 Å². The number of rotatable bonds is 2. The normalized spacial score (nSPS) is 31.5. The Labute approximate surface area is 94.4 Å². The van der Waals surface area contributed by atoms with Crippen LogP contribution in [0.5, 0.6) is 0 Å². The molecule has 0 aromatic rings. The maximum Gasteiger partial charge on any atom is 0.308 e. The van der Waals surface area contributed by atoms with Gasteiger partial charge < -0.3 is 14.7 Å². The third-order valence-corrected chi connectivity index (χ3v) is 3.37. The Morgan fingerprint density at radius 3 is 2.88 bits per heavy atom. The van der Waals surface area contributed by atoms with Crippen LogP contribution < -0.4 is 0 Å². The maximum absolute atomic E-state index is 11.7. The fourth-order valence-electron chi connectivity index (χ4n) is 2.40. The van der Waals surface area contributed by atoms with E-state index in [2.05, 4.69) is 0 Å². The molecule has 5 heteroatoms. The van der Waals surface area contributed by atoms with Gasteiger partial charge in [0.15, 0.2) is 0 Å². The van der Waals surface area contributed by atoms with Gasteiger partial charge >= 0.3 is 5.97 Å². The SMILES string of the molecule is O=C(O)C1CCC(=O)N(C2CCCOC2)C1. The third-order valence-electron chi connectivity index (χ3n) is 3.37. The molecule has 2 rings (SSSR count). The largest absolute Gasteiger partial charge is 0.481 e. The number of carboxylic acid groups (broad SMARTS) is 1. The van der Waals surface area contributed by atoms with Crippen molar-refractivity contribution in [3.05, 3.63) is 0 Å². The number of likely N-dealkylation sites (tertiary alicyclic amines) is 1. The molecule has 0 aromatic heterocycles. The predicted octanol–water partition coefficient (Wildman–Crippen LogP) is 0.489. The number of carbonyl (C=O) groups excluding carboxylic acids is 1. The Balaban J connectivity index is 1.99. The number of carboxylic acids is 1. The number of carbonyl (C=O) groups is 2. The number of hydrogen-bond acceptors (Lipinski definition) is 3. The second kappa shape index (κ2) is 4.82. The van der Waals surface area contributed by atoms with E-state index in [1.807, 2.05) is 0 Å². The van der Waals surface area contributed by atoms with E-state index in [-0.39, 0.29) is 11.9 Å². The molecular weight excluding hydrogens is 210 g/mol. The van der Waals surface area contributed by atoms with Crippen LogP contribution in [-0.4, -0.2) is 47.7 Å². The first-order valence-corrected chi connectivity index (χ1v) is 5.78. The summed E-state index contributed by atoms with van der Waals surface area (Å²) >= 11 is 0. The summed E-state index contributed by atoms with van der Waals surface area (Å²) in [6.45, 7) is 1.65. The lowest BCUT2D eigenvalue weighted by molar-refractivity contribution is -0.150. The average molecular weight is 227 g/mol. The van der Waals surface area contributed by atoms with Gasteiger partial charge in [-0.25, -0.2) is 0 Å². The minimum absolute atomic E-state index is 0.0769. The monoisotopic (exact) mass is 227 g/mol. The molecule has 2 saturated heterocycles. The van der Waals surface area contributed by atoms with Crippen LogP contribution in [0.2, 0.25) is 0 Å². The standard InChI is InChI=1S/C11H17NO4/c13-10-4-3-8(11(14)15)6-12(10)9-2-1-5-16-7-9/h8-9H,1-7H2,(H,14,15). The van der Waals surface area contributed by atoms with Crippen molar-refractivity contribution in [2.45, 2.75) is 31.7 Å². The van der Waals surface area contributed by atoms with Crippen molar-refractivity contribution in [1.29, 1.82) is 0 Å². The number of hydrogen-bond donors (Lipinski definition) is 1. The van der Waals surface area contributed by atoms with Gasteiger partial charge in [0.05, 0.1) is 18.6 Å². The molecule has 2 heterocycles. The summed E-state index contributed by atoms with van der Waals surface area (Å²) in [4.78, 5) is 24.4. The van der Waals surface area contributed by atoms with Crippen molar-refractivity contribution in [2.75, 3.05) is 19.8 Å². The first-order chi connectivity index (χ1) is 7.68. The molecule has 90 valence electrons. The zero-order chi connectivity index (χ0) is 11.5. The van der Waals surface area contributed by atoms with Gasteiger partial charge in [-0.15, -0.1) is 0 Å². The molecule has 2 unspecified atom stereocenters. The van der Waals surface area contributed by atoms with Crippen LogP contribution in [0, 0.1) is 5.92 Å². The van der Waals surface area contributed by atoms with E-state index in [1.165, 1.54) is 0 Å². The predicted molar refractivity (Wildman–Crippen MR) is 55.9 cm³/mol. The number of ether oxygens (including phenoxy) is 1. The zero-order valence-corrected chi connectivity index (χ0v) is 9.22. The van der Waals surface area contributed by atoms with Crippen molar-refractivity contribution in [1.82, 2.24) is 4.90 Å². The van der Waals surface area contributed by atoms with Crippen molar-refractivity contribution in [3.63, 3.8) is 0 Å². The lowest BCUT2D eigenvalue weighted by atomic mass is 9.95. The van der Waals surface area contributed by atoms with Gasteiger partial charge in [-0.05, 0) is 19.3 Å². The summed E-state index contributed by atoms with van der Waals surface area (Å²) in [5.74, 6) is -1.12. The molecule has 2 aliphatic heterocycles. The van der Waals surface area contributed by atoms with Gasteiger partial charge in [-0.1, -0.05) is 0 Å². The Hall–Kier alpha value is -1.10. The van der Waals surface area contributed by atoms with Crippen LogP contribution >= 0.6 is 0 Å². The quantitative estimate of drug-likeness (QED) is 0.745. The van der Waals surface area contributed by atoms with Gasteiger partial charge in [0.2, 0.25) is 5.91 Å². The van der Waals surface area contributed by atoms with Gasteiger partial charge in [0.1, 0.15) is 0 Å². The summed E-state index contributed by atoms with van der Waals surface area (Å²) < 4.78 is 5.34. The van der Waals surface area contributed by atoms with Crippen LogP contribution in [0.25, 0.3) is 0 Å². The Morgan fingerprint density at radius 2 is 2.25 bits per heavy atom. The number of nitrogens with zero attached hydrogens (tertiary/aromatic N) is 1. The summed E-state index contributed by atoms with van der Waals surface area (Å²) in [6, 6.07) is 0.0865. The van der Waals surface area contributed by atoms with Crippen LogP contribution in [0.4, 0.5) is 0 Å². The van der Waals surface area contributed by atoms with E-state index < -0.39 is 11.9 Å². The Bertz CT molecular complexity index is 286. The van der Waals surface area contributed by atoms with Crippen molar-refractivity contribution in [3.8, 4) is 0 Å². The first kappa shape index (κ1) is 11.4. The third kappa shape index (κ3) is 2.35. The van der Waals surface area contributed by atoms with Gasteiger partial charge in [-0.3, -0.25) is 9.59 Å². The summed E-state index contributed by atoms with van der Waals surface area (Å²) in [5.41, 5.74) is 0. The van der Waals surface area contributed by atoms with Crippen LogP contribution in [-0.2, 0) is 14.3 Å². The van der Waals surface area contributed by atoms with Gasteiger partial charge in [0, 0.05) is 19.6 Å². The average Bonchev–Trinajstić information content (AvgIpc) is 2.30. The van der Waals surface area contributed by atoms with Crippen molar-refractivity contribution >= 4 is 11.9 Å². The Morgan fingerprint density at radius 1 is 1.44 bits per heavy atom. The second-order valence-corrected chi connectivity index (χ2v) is 4.49. The van der Waals surface area contributed by atoms with E-state index >= 15 is 0 Å². The molecule has 5 nitrogen and oxygen atoms in total. The molecule has 2 aliphatic rings. The number of aliphatic carboxylic acids is 1. The lowest BCUT2D eigenvalue weighted by Crippen LogP contribution is -2.50. The van der Waals surface area contributed by atoms with E-state index in [9.17, 15) is 9.59 Å². The summed E-state index contributed by atoms with van der Waals surface area (Å²) in [7, 11) is 0. The van der Waals surface area contributed by atoms with Gasteiger partial charge in [-0.2, -0.15) is 0 Å². The first-order valence-electron chi connectivity index (χ1n) is 5.78. The van der Waals surface area contributed by atoms with Crippen LogP contribution in [0.15, 0.2) is 0 Å². The number of piperidine rings is 1. The molecule has 0 spiro atoms. The maximum atomic E-state index is 11.7. The molecule has 1 N–H and O–H groups in total. The molecule has 0 bridgehead atoms. The fraction of sp³-hybridized carbons (Fsp3) is 0.818. The summed E-state index contributed by atoms with van der Waals surface area (Å²) in [5, 5.41) is 8.97. The smallest absolute Gasteiger partial charge is 0.308 e. The molecular formula is C11H17NO4. The highest BCUT2D eigenvalue weighted by Gasteiger charge is 2.34. The highest BCUT2D eigenvalue weighted by Crippen LogP contribution is 2.23. The topological polar surface area (TPSA) is 66.8 Å². The minimum atomic E-state index is -0.797. The van der Waals surface area contributed by atoms with Crippen LogP contribution in [0.3, 0.4) is 0 Å². The molecule has 0 saturated carbocycles. The Kier molecular flexibility index (Phi) is 3.43. The molecule has 16 heavy (non-hydrogen) atoms. The highest BCUT2D eigenvalue weighted by atomic mass is 16.5. The van der Waals surface area contributed by atoms with E-state index in [0.717, 1.165) is 19.4 Å². The molecule has 2 fully saturated rings. The summed E-state index contributed by atoms with van der Waals surface area (Å²) in [6.07, 6.45) is 2.70. The molecule has 2 atom stereocenters. The molecule has 1 amide bonds. The van der Waals surface area contributed by atoms with Crippen molar-refractivity contribution < 1.29 is 19.4 Å². The molecule has 0 aromatic carbocycles. The number of amides is 1. The molecule has 0 aliphatic carbocycles. The second-order valence-electron chi connectivity index (χ2n) is 4.49. The zero-order valence-electron chi connectivity index (χ0n) is 9.22. The van der Waals surface area contributed by atoms with Crippen molar-refractivity contribution in [2.24, 2.45) is 5.92 Å². The fourth-order valence-corrected chi connectivity index (χ4v) is 2.40. The van der Waals surface area contributed by atoms with E-state index in [1.54, 1.807) is 4.90 Å². The van der Waals surface area contributed by atoms with E-state index in [4.69, 9.17) is 9.84 Å². The lowest BCUT2D eigenvalue weighted by Gasteiger charge is -2.38. The highest BCUT2D eigenvalue weighted by molar-refractivity contribution is 5.80. The molecule has 0 radical (unpaired) electrons. The van der Waals surface area contributed by atoms with E-state index in [0.29, 0.717) is 26.0 Å². The van der Waals surface area contributed by atoms with Gasteiger partial charge in [0.25, 0.3) is 0 Å².